The van der Waals surface area contributed by atoms with E-state index in [2.05, 4.69) is 11.3 Å². The number of ether oxygens (including phenoxy) is 2. The Hall–Kier alpha value is -3.62. The Morgan fingerprint density at radius 1 is 0.857 bits per heavy atom. The summed E-state index contributed by atoms with van der Waals surface area (Å²) in [5.74, 6) is 0.504. The predicted molar refractivity (Wildman–Crippen MR) is 123 cm³/mol. The maximum absolute atomic E-state index is 13.0. The van der Waals surface area contributed by atoms with Gasteiger partial charge in [0.15, 0.2) is 0 Å². The van der Waals surface area contributed by atoms with Crippen LogP contribution in [0.3, 0.4) is 0 Å². The molecule has 9 heteroatoms. The molecule has 0 unspecified atom stereocenters. The van der Waals surface area contributed by atoms with Crippen LogP contribution in [0.1, 0.15) is 23.1 Å². The molecular weight excluding hydrogens is 472 g/mol. The van der Waals surface area contributed by atoms with Crippen LogP contribution >= 0.6 is 0 Å². The first-order valence-electron chi connectivity index (χ1n) is 10.6. The number of benzene rings is 3. The van der Waals surface area contributed by atoms with Crippen LogP contribution in [-0.4, -0.2) is 19.1 Å². The minimum absolute atomic E-state index is 0.0677. The molecule has 3 aromatic rings. The molecule has 0 aliphatic carbocycles. The van der Waals surface area contributed by atoms with Crippen molar-refractivity contribution in [2.75, 3.05) is 11.4 Å². The second-order valence-corrected chi connectivity index (χ2v) is 7.80. The SMILES string of the molecule is C=Cc1ccc(Oc2cccc(N(CCC(F)(F)F)Cc3cccc(OC(F)(F)F)c3)c2)cc1C. The van der Waals surface area contributed by atoms with Gasteiger partial charge in [-0.15, -0.1) is 13.2 Å². The molecule has 0 amide bonds. The fraction of sp³-hybridized carbons (Fsp3) is 0.231. The van der Waals surface area contributed by atoms with E-state index in [1.54, 1.807) is 36.4 Å². The molecule has 35 heavy (non-hydrogen) atoms. The molecule has 0 fully saturated rings. The summed E-state index contributed by atoms with van der Waals surface area (Å²) in [6.07, 6.45) is -8.66. The van der Waals surface area contributed by atoms with E-state index >= 15 is 0 Å². The fourth-order valence-corrected chi connectivity index (χ4v) is 3.44. The molecule has 0 spiro atoms. The van der Waals surface area contributed by atoms with Crippen LogP contribution < -0.4 is 14.4 Å². The Labute approximate surface area is 199 Å². The Morgan fingerprint density at radius 2 is 1.54 bits per heavy atom. The van der Waals surface area contributed by atoms with Crippen LogP contribution in [0.5, 0.6) is 17.2 Å². The van der Waals surface area contributed by atoms with E-state index in [0.29, 0.717) is 22.7 Å². The number of aryl methyl sites for hydroxylation is 1. The van der Waals surface area contributed by atoms with Gasteiger partial charge in [0.2, 0.25) is 0 Å². The average Bonchev–Trinajstić information content (AvgIpc) is 2.75. The lowest BCUT2D eigenvalue weighted by Gasteiger charge is -2.26. The maximum atomic E-state index is 13.0. The van der Waals surface area contributed by atoms with Crippen molar-refractivity contribution in [2.24, 2.45) is 0 Å². The van der Waals surface area contributed by atoms with Crippen molar-refractivity contribution in [1.29, 1.82) is 0 Å². The Morgan fingerprint density at radius 3 is 2.20 bits per heavy atom. The monoisotopic (exact) mass is 495 g/mol. The first-order valence-corrected chi connectivity index (χ1v) is 10.6. The van der Waals surface area contributed by atoms with Crippen LogP contribution in [0.25, 0.3) is 6.08 Å². The summed E-state index contributed by atoms with van der Waals surface area (Å²) < 4.78 is 86.5. The molecule has 0 N–H and O–H groups in total. The lowest BCUT2D eigenvalue weighted by Crippen LogP contribution is -2.27. The molecule has 0 heterocycles. The van der Waals surface area contributed by atoms with Crippen molar-refractivity contribution in [3.05, 3.63) is 90.0 Å². The zero-order chi connectivity index (χ0) is 25.6. The second-order valence-electron chi connectivity index (χ2n) is 7.80. The minimum Gasteiger partial charge on any atom is -0.457 e. The number of alkyl halides is 6. The third kappa shape index (κ3) is 8.27. The highest BCUT2D eigenvalue weighted by Gasteiger charge is 2.31. The zero-order valence-electron chi connectivity index (χ0n) is 18.8. The molecule has 3 rings (SSSR count). The van der Waals surface area contributed by atoms with Gasteiger partial charge in [0, 0.05) is 24.8 Å². The summed E-state index contributed by atoms with van der Waals surface area (Å²) in [6.45, 7) is 5.17. The summed E-state index contributed by atoms with van der Waals surface area (Å²) in [5.41, 5.74) is 2.67. The van der Waals surface area contributed by atoms with E-state index in [1.807, 2.05) is 19.1 Å². The van der Waals surface area contributed by atoms with Gasteiger partial charge in [0.05, 0.1) is 6.42 Å². The minimum atomic E-state index is -4.87. The molecule has 0 aliphatic rings. The standard InChI is InChI=1S/C26H23F6NO2/c1-3-20-10-11-23(14-18(20)2)34-22-8-5-7-21(16-22)33(13-12-25(27,28)29)17-19-6-4-9-24(15-19)35-26(30,31)32/h3-11,14-16H,1,12-13,17H2,2H3. The zero-order valence-corrected chi connectivity index (χ0v) is 18.8. The molecule has 0 aliphatic heterocycles. The number of halogens is 6. The highest BCUT2D eigenvalue weighted by molar-refractivity contribution is 5.55. The van der Waals surface area contributed by atoms with E-state index in [0.717, 1.165) is 23.3 Å². The van der Waals surface area contributed by atoms with E-state index in [9.17, 15) is 26.3 Å². The van der Waals surface area contributed by atoms with Gasteiger partial charge in [-0.1, -0.05) is 36.9 Å². The first-order chi connectivity index (χ1) is 16.4. The summed E-state index contributed by atoms with van der Waals surface area (Å²) >= 11 is 0. The van der Waals surface area contributed by atoms with Crippen LogP contribution in [0, 0.1) is 6.92 Å². The Kier molecular flexibility index (Phi) is 7.99. The average molecular weight is 495 g/mol. The number of nitrogens with zero attached hydrogens (tertiary/aromatic N) is 1. The van der Waals surface area contributed by atoms with Gasteiger partial charge < -0.3 is 14.4 Å². The molecular formula is C26H23F6NO2. The molecule has 0 saturated heterocycles. The van der Waals surface area contributed by atoms with Crippen molar-refractivity contribution in [3.63, 3.8) is 0 Å². The van der Waals surface area contributed by atoms with Crippen molar-refractivity contribution < 1.29 is 35.8 Å². The molecule has 0 bridgehead atoms. The summed E-state index contributed by atoms with van der Waals surface area (Å²) in [4.78, 5) is 1.43. The second kappa shape index (κ2) is 10.8. The van der Waals surface area contributed by atoms with E-state index in [-0.39, 0.29) is 6.54 Å². The van der Waals surface area contributed by atoms with E-state index < -0.39 is 31.3 Å². The predicted octanol–water partition coefficient (Wildman–Crippen LogP) is 8.29. The molecule has 3 nitrogen and oxygen atoms in total. The number of anilines is 1. The lowest BCUT2D eigenvalue weighted by molar-refractivity contribution is -0.274. The molecule has 0 atom stereocenters. The van der Waals surface area contributed by atoms with Crippen molar-refractivity contribution in [1.82, 2.24) is 0 Å². The molecule has 3 aromatic carbocycles. The molecule has 0 aromatic heterocycles. The van der Waals surface area contributed by atoms with Crippen molar-refractivity contribution >= 4 is 11.8 Å². The Balaban J connectivity index is 1.85. The Bertz CT molecular complexity index is 1160. The van der Waals surface area contributed by atoms with E-state index in [4.69, 9.17) is 4.74 Å². The summed E-state index contributed by atoms with van der Waals surface area (Å²) in [6, 6.07) is 17.1. The van der Waals surface area contributed by atoms with Crippen LogP contribution in [0.4, 0.5) is 32.0 Å². The van der Waals surface area contributed by atoms with Gasteiger partial charge in [-0.25, -0.2) is 0 Å². The topological polar surface area (TPSA) is 21.7 Å². The van der Waals surface area contributed by atoms with Gasteiger partial charge in [-0.2, -0.15) is 13.2 Å². The van der Waals surface area contributed by atoms with Crippen LogP contribution in [0.2, 0.25) is 0 Å². The maximum Gasteiger partial charge on any atom is 0.573 e. The smallest absolute Gasteiger partial charge is 0.457 e. The van der Waals surface area contributed by atoms with Gasteiger partial charge in [0.1, 0.15) is 17.2 Å². The van der Waals surface area contributed by atoms with Gasteiger partial charge in [-0.05, 0) is 60.0 Å². The quantitative estimate of drug-likeness (QED) is 0.279. The van der Waals surface area contributed by atoms with Crippen molar-refractivity contribution in [3.8, 4) is 17.2 Å². The van der Waals surface area contributed by atoms with Crippen LogP contribution in [0.15, 0.2) is 73.3 Å². The third-order valence-electron chi connectivity index (χ3n) is 5.05. The third-order valence-corrected chi connectivity index (χ3v) is 5.05. The fourth-order valence-electron chi connectivity index (χ4n) is 3.44. The van der Waals surface area contributed by atoms with Gasteiger partial charge >= 0.3 is 12.5 Å². The summed E-state index contributed by atoms with van der Waals surface area (Å²) in [7, 11) is 0. The summed E-state index contributed by atoms with van der Waals surface area (Å²) in [5, 5.41) is 0. The largest absolute Gasteiger partial charge is 0.573 e. The first kappa shape index (κ1) is 26.0. The highest BCUT2D eigenvalue weighted by Crippen LogP contribution is 2.31. The number of rotatable bonds is 9. The molecule has 0 saturated carbocycles. The normalized spacial score (nSPS) is 11.7. The number of hydrogen-bond donors (Lipinski definition) is 0. The highest BCUT2D eigenvalue weighted by atomic mass is 19.4. The van der Waals surface area contributed by atoms with Crippen molar-refractivity contribution in [2.45, 2.75) is 32.4 Å². The van der Waals surface area contributed by atoms with E-state index in [1.165, 1.54) is 17.0 Å². The van der Waals surface area contributed by atoms with Gasteiger partial charge in [0.25, 0.3) is 0 Å². The van der Waals surface area contributed by atoms with Crippen LogP contribution in [-0.2, 0) is 6.54 Å². The number of hydrogen-bond acceptors (Lipinski definition) is 3. The molecule has 0 radical (unpaired) electrons. The molecule has 186 valence electrons. The lowest BCUT2D eigenvalue weighted by atomic mass is 10.1. The van der Waals surface area contributed by atoms with Gasteiger partial charge in [-0.3, -0.25) is 0 Å².